The Kier molecular flexibility index (Phi) is 4.66. The predicted octanol–water partition coefficient (Wildman–Crippen LogP) is 0.326. The standard InChI is InChI=1S/C6H15N3O/c1-3-5(2)4-8-6(7)9-10/h5,10H,3-4H2,1-2H3,(H3,7,8,9). The molecule has 1 unspecified atom stereocenters. The van der Waals surface area contributed by atoms with Crippen molar-refractivity contribution in [2.24, 2.45) is 16.6 Å². The number of hydroxylamine groups is 1. The van der Waals surface area contributed by atoms with Crippen LogP contribution < -0.4 is 11.2 Å². The van der Waals surface area contributed by atoms with Crippen LogP contribution >= 0.6 is 0 Å². The fraction of sp³-hybridized carbons (Fsp3) is 0.833. The van der Waals surface area contributed by atoms with E-state index >= 15 is 0 Å². The molecule has 4 heteroatoms. The van der Waals surface area contributed by atoms with E-state index in [9.17, 15) is 0 Å². The number of nitrogens with zero attached hydrogens (tertiary/aromatic N) is 1. The van der Waals surface area contributed by atoms with Crippen molar-refractivity contribution in [2.45, 2.75) is 20.3 Å². The summed E-state index contributed by atoms with van der Waals surface area (Å²) in [6, 6.07) is 0. The molecular formula is C6H15N3O. The van der Waals surface area contributed by atoms with Gasteiger partial charge in [0.05, 0.1) is 0 Å². The minimum absolute atomic E-state index is 0.0836. The van der Waals surface area contributed by atoms with Crippen LogP contribution in [-0.4, -0.2) is 17.7 Å². The SMILES string of the molecule is CCC(C)CN=C(N)NO. The van der Waals surface area contributed by atoms with Gasteiger partial charge in [0.1, 0.15) is 0 Å². The molecule has 1 atom stereocenters. The Hall–Kier alpha value is -0.770. The third-order valence-electron chi connectivity index (χ3n) is 1.38. The summed E-state index contributed by atoms with van der Waals surface area (Å²) in [7, 11) is 0. The summed E-state index contributed by atoms with van der Waals surface area (Å²) < 4.78 is 0. The first kappa shape index (κ1) is 9.23. The predicted molar refractivity (Wildman–Crippen MR) is 40.9 cm³/mol. The van der Waals surface area contributed by atoms with Crippen molar-refractivity contribution >= 4 is 5.96 Å². The molecule has 0 aromatic heterocycles. The van der Waals surface area contributed by atoms with Gasteiger partial charge in [-0.25, -0.2) is 5.48 Å². The summed E-state index contributed by atoms with van der Waals surface area (Å²) >= 11 is 0. The minimum Gasteiger partial charge on any atom is -0.368 e. The molecule has 0 aliphatic heterocycles. The molecule has 0 saturated heterocycles. The van der Waals surface area contributed by atoms with E-state index in [0.29, 0.717) is 12.5 Å². The van der Waals surface area contributed by atoms with Crippen LogP contribution in [-0.2, 0) is 0 Å². The van der Waals surface area contributed by atoms with E-state index < -0.39 is 0 Å². The number of hydrogen-bond acceptors (Lipinski definition) is 2. The fourth-order valence-electron chi connectivity index (χ4n) is 0.419. The number of guanidine groups is 1. The van der Waals surface area contributed by atoms with E-state index in [4.69, 9.17) is 10.9 Å². The zero-order valence-electron chi connectivity index (χ0n) is 6.46. The van der Waals surface area contributed by atoms with E-state index in [0.717, 1.165) is 6.42 Å². The summed E-state index contributed by atoms with van der Waals surface area (Å²) in [4.78, 5) is 3.85. The van der Waals surface area contributed by atoms with Gasteiger partial charge in [0.2, 0.25) is 5.96 Å². The highest BCUT2D eigenvalue weighted by Gasteiger charge is 1.95. The maximum atomic E-state index is 8.21. The average molecular weight is 145 g/mol. The van der Waals surface area contributed by atoms with Crippen LogP contribution in [0.3, 0.4) is 0 Å². The Balaban J connectivity index is 3.50. The molecule has 0 aliphatic rings. The Morgan fingerprint density at radius 3 is 2.80 bits per heavy atom. The molecule has 0 amide bonds. The van der Waals surface area contributed by atoms with Crippen LogP contribution in [0.15, 0.2) is 4.99 Å². The molecule has 0 rings (SSSR count). The minimum atomic E-state index is 0.0836. The molecule has 0 aromatic rings. The van der Waals surface area contributed by atoms with Gasteiger partial charge in [0, 0.05) is 6.54 Å². The number of aliphatic imine (C=N–C) groups is 1. The first-order valence-electron chi connectivity index (χ1n) is 3.40. The maximum absolute atomic E-state index is 8.21. The van der Waals surface area contributed by atoms with Crippen molar-refractivity contribution in [1.82, 2.24) is 5.48 Å². The second-order valence-corrected chi connectivity index (χ2v) is 2.35. The molecule has 0 aromatic carbocycles. The molecular weight excluding hydrogens is 130 g/mol. The number of nitrogens with two attached hydrogens (primary N) is 1. The molecule has 4 N–H and O–H groups in total. The fourth-order valence-corrected chi connectivity index (χ4v) is 0.419. The third-order valence-corrected chi connectivity index (χ3v) is 1.38. The lowest BCUT2D eigenvalue weighted by Crippen LogP contribution is -2.29. The van der Waals surface area contributed by atoms with Gasteiger partial charge in [-0.3, -0.25) is 10.2 Å². The third kappa shape index (κ3) is 4.14. The normalized spacial score (nSPS) is 14.9. The highest BCUT2D eigenvalue weighted by atomic mass is 16.5. The van der Waals surface area contributed by atoms with Crippen molar-refractivity contribution in [3.63, 3.8) is 0 Å². The maximum Gasteiger partial charge on any atom is 0.212 e. The van der Waals surface area contributed by atoms with Gasteiger partial charge in [-0.2, -0.15) is 0 Å². The summed E-state index contributed by atoms with van der Waals surface area (Å²) in [6.45, 7) is 4.83. The van der Waals surface area contributed by atoms with Crippen LogP contribution in [0.4, 0.5) is 0 Å². The van der Waals surface area contributed by atoms with Gasteiger partial charge >= 0.3 is 0 Å². The van der Waals surface area contributed by atoms with E-state index in [2.05, 4.69) is 18.8 Å². The number of hydrogen-bond donors (Lipinski definition) is 3. The van der Waals surface area contributed by atoms with Crippen molar-refractivity contribution in [2.75, 3.05) is 6.54 Å². The Labute approximate surface area is 61.1 Å². The smallest absolute Gasteiger partial charge is 0.212 e. The van der Waals surface area contributed by atoms with Crippen molar-refractivity contribution in [3.8, 4) is 0 Å². The highest BCUT2D eigenvalue weighted by Crippen LogP contribution is 1.99. The average Bonchev–Trinajstić information content (AvgIpc) is 1.99. The van der Waals surface area contributed by atoms with E-state index in [1.165, 1.54) is 0 Å². The number of nitrogens with one attached hydrogen (secondary N) is 1. The van der Waals surface area contributed by atoms with Crippen molar-refractivity contribution in [1.29, 1.82) is 0 Å². The Morgan fingerprint density at radius 1 is 1.80 bits per heavy atom. The van der Waals surface area contributed by atoms with Crippen LogP contribution in [0, 0.1) is 5.92 Å². The monoisotopic (exact) mass is 145 g/mol. The van der Waals surface area contributed by atoms with E-state index in [-0.39, 0.29) is 5.96 Å². The zero-order valence-corrected chi connectivity index (χ0v) is 6.46. The topological polar surface area (TPSA) is 70.6 Å². The summed E-state index contributed by atoms with van der Waals surface area (Å²) in [5.74, 6) is 0.604. The van der Waals surface area contributed by atoms with Gasteiger partial charge in [0.15, 0.2) is 0 Å². The molecule has 0 saturated carbocycles. The van der Waals surface area contributed by atoms with Crippen molar-refractivity contribution in [3.05, 3.63) is 0 Å². The first-order chi connectivity index (χ1) is 4.70. The second-order valence-electron chi connectivity index (χ2n) is 2.35. The molecule has 4 nitrogen and oxygen atoms in total. The van der Waals surface area contributed by atoms with Gasteiger partial charge in [-0.1, -0.05) is 20.3 Å². The molecule has 0 heterocycles. The zero-order chi connectivity index (χ0) is 7.98. The Morgan fingerprint density at radius 2 is 2.40 bits per heavy atom. The highest BCUT2D eigenvalue weighted by molar-refractivity contribution is 5.76. The van der Waals surface area contributed by atoms with Crippen LogP contribution in [0.1, 0.15) is 20.3 Å². The lowest BCUT2D eigenvalue weighted by Gasteiger charge is -2.03. The van der Waals surface area contributed by atoms with Gasteiger partial charge in [0.25, 0.3) is 0 Å². The summed E-state index contributed by atoms with van der Waals surface area (Å²) in [5.41, 5.74) is 6.94. The van der Waals surface area contributed by atoms with Gasteiger partial charge in [-0.05, 0) is 5.92 Å². The largest absolute Gasteiger partial charge is 0.368 e. The van der Waals surface area contributed by atoms with Crippen molar-refractivity contribution < 1.29 is 5.21 Å². The van der Waals surface area contributed by atoms with E-state index in [1.54, 1.807) is 5.48 Å². The summed E-state index contributed by atoms with van der Waals surface area (Å²) in [6.07, 6.45) is 1.07. The van der Waals surface area contributed by atoms with Gasteiger partial charge in [-0.15, -0.1) is 0 Å². The quantitative estimate of drug-likeness (QED) is 0.304. The first-order valence-corrected chi connectivity index (χ1v) is 3.40. The summed E-state index contributed by atoms with van der Waals surface area (Å²) in [5, 5.41) is 8.21. The van der Waals surface area contributed by atoms with Crippen LogP contribution in [0.25, 0.3) is 0 Å². The van der Waals surface area contributed by atoms with Crippen LogP contribution in [0.5, 0.6) is 0 Å². The molecule has 0 fully saturated rings. The Bertz CT molecular complexity index is 114. The van der Waals surface area contributed by atoms with E-state index in [1.807, 2.05) is 0 Å². The molecule has 0 spiro atoms. The molecule has 0 radical (unpaired) electrons. The van der Waals surface area contributed by atoms with Gasteiger partial charge < -0.3 is 5.73 Å². The lowest BCUT2D eigenvalue weighted by molar-refractivity contribution is 0.232. The molecule has 0 aliphatic carbocycles. The molecule has 0 bridgehead atoms. The number of rotatable bonds is 3. The second kappa shape index (κ2) is 5.05. The lowest BCUT2D eigenvalue weighted by atomic mass is 10.1. The molecule has 10 heavy (non-hydrogen) atoms. The molecule has 60 valence electrons. The van der Waals surface area contributed by atoms with Crippen LogP contribution in [0.2, 0.25) is 0 Å².